The van der Waals surface area contributed by atoms with E-state index in [4.69, 9.17) is 4.74 Å². The molecule has 0 fully saturated rings. The normalized spacial score (nSPS) is 14.4. The molecule has 8 heteroatoms. The molecule has 0 saturated carbocycles. The first-order valence-electron chi connectivity index (χ1n) is 11.7. The van der Waals surface area contributed by atoms with Crippen molar-refractivity contribution in [3.63, 3.8) is 0 Å². The number of ether oxygens (including phenoxy) is 1. The highest BCUT2D eigenvalue weighted by molar-refractivity contribution is 7.98. The number of carboxylic acid groups (broad SMARTS) is 1. The number of amides is 2. The van der Waals surface area contributed by atoms with Crippen molar-refractivity contribution in [2.45, 2.75) is 51.6 Å². The van der Waals surface area contributed by atoms with Crippen LogP contribution in [-0.2, 0) is 14.3 Å². The van der Waals surface area contributed by atoms with Gasteiger partial charge in [-0.2, -0.15) is 11.8 Å². The highest BCUT2D eigenvalue weighted by Crippen LogP contribution is 2.44. The third kappa shape index (κ3) is 6.78. The smallest absolute Gasteiger partial charge is 0.407 e. The second kappa shape index (κ2) is 11.6. The van der Waals surface area contributed by atoms with Crippen molar-refractivity contribution >= 4 is 29.7 Å². The summed E-state index contributed by atoms with van der Waals surface area (Å²) < 4.78 is 5.64. The lowest BCUT2D eigenvalue weighted by Crippen LogP contribution is -2.49. The van der Waals surface area contributed by atoms with E-state index >= 15 is 0 Å². The van der Waals surface area contributed by atoms with Crippen molar-refractivity contribution < 1.29 is 24.2 Å². The average Bonchev–Trinajstić information content (AvgIpc) is 3.13. The van der Waals surface area contributed by atoms with Gasteiger partial charge in [0.25, 0.3) is 0 Å². The van der Waals surface area contributed by atoms with Crippen molar-refractivity contribution in [1.82, 2.24) is 10.6 Å². The predicted molar refractivity (Wildman–Crippen MR) is 139 cm³/mol. The summed E-state index contributed by atoms with van der Waals surface area (Å²) in [6.45, 7) is 5.92. The van der Waals surface area contributed by atoms with Crippen LogP contribution < -0.4 is 10.6 Å². The number of hydrogen-bond donors (Lipinski definition) is 3. The van der Waals surface area contributed by atoms with Crippen molar-refractivity contribution in [3.05, 3.63) is 59.7 Å². The van der Waals surface area contributed by atoms with Crippen molar-refractivity contribution in [2.24, 2.45) is 5.41 Å². The summed E-state index contributed by atoms with van der Waals surface area (Å²) in [6.07, 6.45) is 1.57. The van der Waals surface area contributed by atoms with Crippen LogP contribution in [0.1, 0.15) is 50.7 Å². The number of benzene rings is 2. The molecule has 35 heavy (non-hydrogen) atoms. The van der Waals surface area contributed by atoms with E-state index in [0.717, 1.165) is 22.3 Å². The summed E-state index contributed by atoms with van der Waals surface area (Å²) in [4.78, 5) is 36.9. The molecule has 2 amide bonds. The van der Waals surface area contributed by atoms with E-state index in [1.807, 2.05) is 51.3 Å². The molecule has 0 bridgehead atoms. The highest BCUT2D eigenvalue weighted by Gasteiger charge is 2.32. The topological polar surface area (TPSA) is 105 Å². The molecule has 3 N–H and O–H groups in total. The minimum absolute atomic E-state index is 0.0449. The van der Waals surface area contributed by atoms with Gasteiger partial charge in [-0.25, -0.2) is 9.59 Å². The Labute approximate surface area is 211 Å². The molecule has 1 aliphatic carbocycles. The van der Waals surface area contributed by atoms with E-state index < -0.39 is 35.5 Å². The van der Waals surface area contributed by atoms with Gasteiger partial charge in [-0.15, -0.1) is 0 Å². The van der Waals surface area contributed by atoms with Gasteiger partial charge in [-0.3, -0.25) is 4.79 Å². The molecule has 7 nitrogen and oxygen atoms in total. The molecular formula is C27H34N2O5S. The minimum Gasteiger partial charge on any atom is -0.480 e. The second-order valence-corrected chi connectivity index (χ2v) is 10.8. The number of rotatable bonds is 10. The SMILES string of the molecule is CSCCC(NC(=O)CC(NC(=O)OCC1c2ccccc2-c2ccccc21)C(C)(C)C)C(=O)O. The minimum atomic E-state index is -1.07. The third-order valence-electron chi connectivity index (χ3n) is 6.31. The second-order valence-electron chi connectivity index (χ2n) is 9.83. The lowest BCUT2D eigenvalue weighted by molar-refractivity contribution is -0.142. The molecule has 2 atom stereocenters. The van der Waals surface area contributed by atoms with Crippen molar-refractivity contribution in [1.29, 1.82) is 0 Å². The predicted octanol–water partition coefficient (Wildman–Crippen LogP) is 4.65. The van der Waals surface area contributed by atoms with Crippen LogP contribution in [0.2, 0.25) is 0 Å². The Balaban J connectivity index is 1.62. The molecule has 2 aromatic rings. The molecule has 0 radical (unpaired) electrons. The summed E-state index contributed by atoms with van der Waals surface area (Å²) in [5.41, 5.74) is 4.10. The Morgan fingerprint density at radius 1 is 1.00 bits per heavy atom. The van der Waals surface area contributed by atoms with Crippen molar-refractivity contribution in [2.75, 3.05) is 18.6 Å². The lowest BCUT2D eigenvalue weighted by Gasteiger charge is -2.31. The Bertz CT molecular complexity index is 1020. The number of alkyl carbamates (subject to hydrolysis) is 1. The van der Waals surface area contributed by atoms with Crippen LogP contribution in [0, 0.1) is 5.41 Å². The number of carbonyl (C=O) groups excluding carboxylic acids is 2. The fourth-order valence-electron chi connectivity index (χ4n) is 4.29. The zero-order chi connectivity index (χ0) is 25.6. The highest BCUT2D eigenvalue weighted by atomic mass is 32.2. The van der Waals surface area contributed by atoms with Gasteiger partial charge in [0.05, 0.1) is 0 Å². The Morgan fingerprint density at radius 2 is 1.57 bits per heavy atom. The summed E-state index contributed by atoms with van der Waals surface area (Å²) in [7, 11) is 0. The fraction of sp³-hybridized carbons (Fsp3) is 0.444. The van der Waals surface area contributed by atoms with Gasteiger partial charge in [0.2, 0.25) is 5.91 Å². The first kappa shape index (κ1) is 26.6. The Hall–Kier alpha value is -3.00. The Morgan fingerprint density at radius 3 is 2.09 bits per heavy atom. The maximum absolute atomic E-state index is 12.8. The number of hydrogen-bond acceptors (Lipinski definition) is 5. The van der Waals surface area contributed by atoms with Crippen molar-refractivity contribution in [3.8, 4) is 11.1 Å². The molecule has 0 saturated heterocycles. The lowest BCUT2D eigenvalue weighted by atomic mass is 9.84. The molecule has 1 aliphatic rings. The molecule has 2 aromatic carbocycles. The summed E-state index contributed by atoms with van der Waals surface area (Å²) in [5.74, 6) is -0.920. The summed E-state index contributed by atoms with van der Waals surface area (Å²) in [6, 6.07) is 14.7. The summed E-state index contributed by atoms with van der Waals surface area (Å²) in [5, 5.41) is 14.8. The monoisotopic (exact) mass is 498 g/mol. The number of carbonyl (C=O) groups is 3. The van der Waals surface area contributed by atoms with Crippen LogP contribution in [0.5, 0.6) is 0 Å². The molecule has 2 unspecified atom stereocenters. The number of fused-ring (bicyclic) bond motifs is 3. The van der Waals surface area contributed by atoms with E-state index in [2.05, 4.69) is 34.9 Å². The quantitative estimate of drug-likeness (QED) is 0.440. The first-order chi connectivity index (χ1) is 16.6. The van der Waals surface area contributed by atoms with E-state index in [9.17, 15) is 19.5 Å². The van der Waals surface area contributed by atoms with Gasteiger partial charge < -0.3 is 20.5 Å². The molecule has 3 rings (SSSR count). The molecule has 0 aliphatic heterocycles. The van der Waals surface area contributed by atoms with Gasteiger partial charge in [-0.1, -0.05) is 69.3 Å². The maximum Gasteiger partial charge on any atom is 0.407 e. The van der Waals surface area contributed by atoms with Crippen LogP contribution in [0.25, 0.3) is 11.1 Å². The third-order valence-corrected chi connectivity index (χ3v) is 6.96. The maximum atomic E-state index is 12.8. The van der Waals surface area contributed by atoms with Crippen LogP contribution in [0.15, 0.2) is 48.5 Å². The first-order valence-corrected chi connectivity index (χ1v) is 13.1. The van der Waals surface area contributed by atoms with Gasteiger partial charge in [0.15, 0.2) is 0 Å². The molecular weight excluding hydrogens is 464 g/mol. The van der Waals surface area contributed by atoms with Crippen LogP contribution >= 0.6 is 11.8 Å². The Kier molecular flexibility index (Phi) is 8.83. The van der Waals surface area contributed by atoms with E-state index in [1.165, 1.54) is 11.8 Å². The van der Waals surface area contributed by atoms with Crippen LogP contribution in [0.3, 0.4) is 0 Å². The van der Waals surface area contributed by atoms with E-state index in [1.54, 1.807) is 0 Å². The summed E-state index contributed by atoms with van der Waals surface area (Å²) >= 11 is 1.52. The van der Waals surface area contributed by atoms with Gasteiger partial charge in [0, 0.05) is 18.4 Å². The largest absolute Gasteiger partial charge is 0.480 e. The molecule has 0 spiro atoms. The standard InChI is InChI=1S/C27H34N2O5S/c1-27(2,3)23(15-24(30)28-22(25(31)32)13-14-35-4)29-26(33)34-16-21-19-11-7-5-9-17(19)18-10-6-8-12-20(18)21/h5-12,21-23H,13-16H2,1-4H3,(H,28,30)(H,29,33)(H,31,32). The van der Waals surface area contributed by atoms with Crippen LogP contribution in [-0.4, -0.2) is 53.8 Å². The number of thioether (sulfide) groups is 1. The van der Waals surface area contributed by atoms with E-state index in [-0.39, 0.29) is 18.9 Å². The number of nitrogens with one attached hydrogen (secondary N) is 2. The van der Waals surface area contributed by atoms with Crippen LogP contribution in [0.4, 0.5) is 4.79 Å². The zero-order valence-electron chi connectivity index (χ0n) is 20.7. The molecule has 0 aromatic heterocycles. The van der Waals surface area contributed by atoms with Gasteiger partial charge in [-0.05, 0) is 46.1 Å². The number of carboxylic acids is 1. The average molecular weight is 499 g/mol. The van der Waals surface area contributed by atoms with E-state index in [0.29, 0.717) is 12.2 Å². The van der Waals surface area contributed by atoms with Gasteiger partial charge >= 0.3 is 12.1 Å². The fourth-order valence-corrected chi connectivity index (χ4v) is 4.76. The molecule has 188 valence electrons. The zero-order valence-corrected chi connectivity index (χ0v) is 21.5. The number of aliphatic carboxylic acids is 1. The van der Waals surface area contributed by atoms with Gasteiger partial charge in [0.1, 0.15) is 12.6 Å². The molecule has 0 heterocycles.